The molecule has 0 radical (unpaired) electrons. The predicted octanol–water partition coefficient (Wildman–Crippen LogP) is 2.06. The van der Waals surface area contributed by atoms with Gasteiger partial charge in [0.15, 0.2) is 0 Å². The monoisotopic (exact) mass is 198 g/mol. The number of esters is 1. The predicted molar refractivity (Wildman–Crippen MR) is 54.0 cm³/mol. The lowest BCUT2D eigenvalue weighted by atomic mass is 9.99. The van der Waals surface area contributed by atoms with Crippen LogP contribution in [0, 0.1) is 0 Å². The summed E-state index contributed by atoms with van der Waals surface area (Å²) in [5.41, 5.74) is -0.122. The zero-order valence-corrected chi connectivity index (χ0v) is 9.13. The second kappa shape index (κ2) is 4.13. The Hall–Kier alpha value is -0.830. The van der Waals surface area contributed by atoms with Gasteiger partial charge in [-0.2, -0.15) is 0 Å². The van der Waals surface area contributed by atoms with E-state index in [4.69, 9.17) is 9.47 Å². The van der Waals surface area contributed by atoms with Gasteiger partial charge in [-0.1, -0.05) is 6.58 Å². The summed E-state index contributed by atoms with van der Waals surface area (Å²) in [7, 11) is 0. The van der Waals surface area contributed by atoms with Crippen LogP contribution >= 0.6 is 0 Å². The molecule has 0 aromatic rings. The Bertz CT molecular complexity index is 237. The van der Waals surface area contributed by atoms with Crippen molar-refractivity contribution in [3.8, 4) is 0 Å². The van der Waals surface area contributed by atoms with E-state index in [1.807, 2.05) is 13.8 Å². The van der Waals surface area contributed by atoms with E-state index in [-0.39, 0.29) is 12.1 Å². The molecule has 14 heavy (non-hydrogen) atoms. The van der Waals surface area contributed by atoms with Crippen LogP contribution in [0.3, 0.4) is 0 Å². The Kier molecular flexibility index (Phi) is 3.32. The third-order valence-corrected chi connectivity index (χ3v) is 2.41. The molecule has 1 fully saturated rings. The van der Waals surface area contributed by atoms with Gasteiger partial charge in [-0.15, -0.1) is 0 Å². The summed E-state index contributed by atoms with van der Waals surface area (Å²) in [4.78, 5) is 11.3. The second-order valence-electron chi connectivity index (χ2n) is 4.27. The molecule has 0 N–H and O–H groups in total. The molecule has 1 atom stereocenters. The summed E-state index contributed by atoms with van der Waals surface area (Å²) >= 11 is 0. The van der Waals surface area contributed by atoms with Gasteiger partial charge in [0.1, 0.15) is 5.60 Å². The summed E-state index contributed by atoms with van der Waals surface area (Å²) in [6, 6.07) is 0. The van der Waals surface area contributed by atoms with Gasteiger partial charge in [0.05, 0.1) is 6.10 Å². The highest BCUT2D eigenvalue weighted by atomic mass is 16.6. The zero-order chi connectivity index (χ0) is 10.8. The third kappa shape index (κ3) is 2.58. The minimum absolute atomic E-state index is 0.0193. The van der Waals surface area contributed by atoms with E-state index in [9.17, 15) is 4.79 Å². The van der Waals surface area contributed by atoms with Crippen molar-refractivity contribution < 1.29 is 14.3 Å². The van der Waals surface area contributed by atoms with Crippen LogP contribution in [0.25, 0.3) is 0 Å². The molecule has 0 amide bonds. The molecule has 0 aromatic heterocycles. The molecule has 1 aliphatic rings. The van der Waals surface area contributed by atoms with Gasteiger partial charge >= 0.3 is 5.97 Å². The lowest BCUT2D eigenvalue weighted by Crippen LogP contribution is -2.40. The van der Waals surface area contributed by atoms with Gasteiger partial charge in [-0.05, 0) is 33.6 Å². The third-order valence-electron chi connectivity index (χ3n) is 2.41. The summed E-state index contributed by atoms with van der Waals surface area (Å²) in [6.45, 7) is 9.72. The average Bonchev–Trinajstić information content (AvgIpc) is 2.54. The van der Waals surface area contributed by atoms with Gasteiger partial charge in [0, 0.05) is 12.2 Å². The van der Waals surface area contributed by atoms with Gasteiger partial charge in [0.2, 0.25) is 0 Å². The first-order valence-electron chi connectivity index (χ1n) is 4.94. The standard InChI is InChI=1S/C11H18O3/c1-8(2)10(12)14-11(3,4)9-6-5-7-13-9/h9H,1,5-7H2,2-4H3. The normalized spacial score (nSPS) is 22.1. The fourth-order valence-electron chi connectivity index (χ4n) is 1.52. The number of hydrogen-bond acceptors (Lipinski definition) is 3. The van der Waals surface area contributed by atoms with Crippen molar-refractivity contribution in [3.05, 3.63) is 12.2 Å². The van der Waals surface area contributed by atoms with Crippen molar-refractivity contribution in [1.82, 2.24) is 0 Å². The van der Waals surface area contributed by atoms with Crippen molar-refractivity contribution in [2.45, 2.75) is 45.3 Å². The van der Waals surface area contributed by atoms with E-state index >= 15 is 0 Å². The highest BCUT2D eigenvalue weighted by Gasteiger charge is 2.36. The molecule has 1 unspecified atom stereocenters. The largest absolute Gasteiger partial charge is 0.454 e. The van der Waals surface area contributed by atoms with Crippen LogP contribution < -0.4 is 0 Å². The van der Waals surface area contributed by atoms with Crippen LogP contribution in [0.5, 0.6) is 0 Å². The van der Waals surface area contributed by atoms with Gasteiger partial charge in [-0.3, -0.25) is 0 Å². The van der Waals surface area contributed by atoms with E-state index in [0.717, 1.165) is 19.4 Å². The Morgan fingerprint density at radius 3 is 2.64 bits per heavy atom. The maximum atomic E-state index is 11.3. The van der Waals surface area contributed by atoms with Gasteiger partial charge < -0.3 is 9.47 Å². The number of rotatable bonds is 3. The highest BCUT2D eigenvalue weighted by molar-refractivity contribution is 5.87. The lowest BCUT2D eigenvalue weighted by molar-refractivity contribution is -0.163. The number of hydrogen-bond donors (Lipinski definition) is 0. The van der Waals surface area contributed by atoms with E-state index in [0.29, 0.717) is 5.57 Å². The first-order valence-corrected chi connectivity index (χ1v) is 4.94. The van der Waals surface area contributed by atoms with Crippen LogP contribution in [-0.4, -0.2) is 24.3 Å². The zero-order valence-electron chi connectivity index (χ0n) is 9.13. The topological polar surface area (TPSA) is 35.5 Å². The lowest BCUT2D eigenvalue weighted by Gasteiger charge is -2.30. The first kappa shape index (κ1) is 11.2. The van der Waals surface area contributed by atoms with Crippen LogP contribution in [0.4, 0.5) is 0 Å². The molecule has 1 saturated heterocycles. The van der Waals surface area contributed by atoms with E-state index in [1.165, 1.54) is 0 Å². The van der Waals surface area contributed by atoms with Crippen LogP contribution in [0.15, 0.2) is 12.2 Å². The van der Waals surface area contributed by atoms with Crippen molar-refractivity contribution in [1.29, 1.82) is 0 Å². The highest BCUT2D eigenvalue weighted by Crippen LogP contribution is 2.27. The molecular weight excluding hydrogens is 180 g/mol. The first-order chi connectivity index (χ1) is 6.43. The van der Waals surface area contributed by atoms with E-state index < -0.39 is 5.60 Å². The van der Waals surface area contributed by atoms with Crippen LogP contribution in [0.1, 0.15) is 33.6 Å². The molecule has 3 nitrogen and oxygen atoms in total. The Morgan fingerprint density at radius 1 is 1.57 bits per heavy atom. The van der Waals surface area contributed by atoms with Crippen LogP contribution in [-0.2, 0) is 14.3 Å². The molecule has 80 valence electrons. The second-order valence-corrected chi connectivity index (χ2v) is 4.27. The Labute approximate surface area is 85.1 Å². The van der Waals surface area contributed by atoms with Gasteiger partial charge in [-0.25, -0.2) is 4.79 Å². The molecule has 1 aliphatic heterocycles. The van der Waals surface area contributed by atoms with Crippen molar-refractivity contribution in [3.63, 3.8) is 0 Å². The quantitative estimate of drug-likeness (QED) is 0.514. The minimum Gasteiger partial charge on any atom is -0.454 e. The molecular formula is C11H18O3. The maximum absolute atomic E-state index is 11.3. The van der Waals surface area contributed by atoms with E-state index in [1.54, 1.807) is 6.92 Å². The molecule has 3 heteroatoms. The van der Waals surface area contributed by atoms with Gasteiger partial charge in [0.25, 0.3) is 0 Å². The van der Waals surface area contributed by atoms with Crippen molar-refractivity contribution in [2.24, 2.45) is 0 Å². The van der Waals surface area contributed by atoms with Crippen molar-refractivity contribution in [2.75, 3.05) is 6.61 Å². The number of carbonyl (C=O) groups excluding carboxylic acids is 1. The summed E-state index contributed by atoms with van der Waals surface area (Å²) in [5, 5.41) is 0. The molecule has 1 heterocycles. The summed E-state index contributed by atoms with van der Waals surface area (Å²) in [6.07, 6.45) is 2.01. The van der Waals surface area contributed by atoms with E-state index in [2.05, 4.69) is 6.58 Å². The Morgan fingerprint density at radius 2 is 2.21 bits per heavy atom. The smallest absolute Gasteiger partial charge is 0.333 e. The minimum atomic E-state index is -0.549. The number of ether oxygens (including phenoxy) is 2. The fourth-order valence-corrected chi connectivity index (χ4v) is 1.52. The molecule has 0 saturated carbocycles. The summed E-state index contributed by atoms with van der Waals surface area (Å²) in [5.74, 6) is -0.342. The Balaban J connectivity index is 2.56. The maximum Gasteiger partial charge on any atom is 0.333 e. The number of carbonyl (C=O) groups is 1. The fraction of sp³-hybridized carbons (Fsp3) is 0.727. The molecule has 0 bridgehead atoms. The molecule has 1 rings (SSSR count). The average molecular weight is 198 g/mol. The van der Waals surface area contributed by atoms with Crippen molar-refractivity contribution >= 4 is 5.97 Å². The summed E-state index contributed by atoms with van der Waals surface area (Å²) < 4.78 is 10.8. The molecule has 0 aliphatic carbocycles. The molecule has 0 aromatic carbocycles. The SMILES string of the molecule is C=C(C)C(=O)OC(C)(C)C1CCCO1. The molecule has 0 spiro atoms. The van der Waals surface area contributed by atoms with Crippen LogP contribution in [0.2, 0.25) is 0 Å².